The lowest BCUT2D eigenvalue weighted by Gasteiger charge is -2.22. The maximum Gasteiger partial charge on any atom is 0.120 e. The van der Waals surface area contributed by atoms with Crippen molar-refractivity contribution in [1.82, 2.24) is 15.1 Å². The lowest BCUT2D eigenvalue weighted by atomic mass is 10.1. The van der Waals surface area contributed by atoms with Crippen LogP contribution in [0.3, 0.4) is 0 Å². The first-order valence-corrected chi connectivity index (χ1v) is 7.23. The van der Waals surface area contributed by atoms with Crippen molar-refractivity contribution in [2.75, 3.05) is 40.3 Å². The first-order chi connectivity index (χ1) is 9.08. The summed E-state index contributed by atoms with van der Waals surface area (Å²) in [6.07, 6.45) is 1.73. The van der Waals surface area contributed by atoms with Crippen LogP contribution in [0.1, 0.15) is 25.6 Å². The highest BCUT2D eigenvalue weighted by atomic mass is 16.3. The van der Waals surface area contributed by atoms with Crippen LogP contribution in [0.25, 0.3) is 0 Å². The summed E-state index contributed by atoms with van der Waals surface area (Å²) in [6, 6.07) is 4.96. The van der Waals surface area contributed by atoms with Crippen LogP contribution >= 0.6 is 0 Å². The van der Waals surface area contributed by atoms with Crippen LogP contribution in [0, 0.1) is 5.92 Å². The Morgan fingerprint density at radius 3 is 2.84 bits per heavy atom. The van der Waals surface area contributed by atoms with Crippen molar-refractivity contribution in [1.29, 1.82) is 0 Å². The quantitative estimate of drug-likeness (QED) is 0.850. The second-order valence-electron chi connectivity index (χ2n) is 5.96. The zero-order valence-electron chi connectivity index (χ0n) is 12.6. The SMILES string of the molecule is CC(NCCN1CC(C)C(N(C)C)C1)c1ccco1. The zero-order chi connectivity index (χ0) is 13.8. The maximum absolute atomic E-state index is 5.40. The molecule has 0 saturated carbocycles. The Morgan fingerprint density at radius 2 is 2.26 bits per heavy atom. The molecule has 3 atom stereocenters. The van der Waals surface area contributed by atoms with Gasteiger partial charge in [-0.1, -0.05) is 6.92 Å². The molecule has 0 spiro atoms. The molecule has 2 rings (SSSR count). The highest BCUT2D eigenvalue weighted by molar-refractivity contribution is 5.02. The van der Waals surface area contributed by atoms with E-state index in [4.69, 9.17) is 4.42 Å². The van der Waals surface area contributed by atoms with Crippen LogP contribution in [-0.4, -0.2) is 56.1 Å². The van der Waals surface area contributed by atoms with Gasteiger partial charge in [-0.25, -0.2) is 0 Å². The molecule has 4 heteroatoms. The Morgan fingerprint density at radius 1 is 1.47 bits per heavy atom. The van der Waals surface area contributed by atoms with E-state index in [-0.39, 0.29) is 0 Å². The number of likely N-dealkylation sites (tertiary alicyclic amines) is 1. The Balaban J connectivity index is 1.69. The van der Waals surface area contributed by atoms with Gasteiger partial charge in [0.15, 0.2) is 0 Å². The predicted molar refractivity (Wildman–Crippen MR) is 78.2 cm³/mol. The number of likely N-dealkylation sites (N-methyl/N-ethyl adjacent to an activating group) is 1. The lowest BCUT2D eigenvalue weighted by molar-refractivity contribution is 0.251. The number of hydrogen-bond acceptors (Lipinski definition) is 4. The molecule has 1 aromatic rings. The topological polar surface area (TPSA) is 31.6 Å². The van der Waals surface area contributed by atoms with Gasteiger partial charge >= 0.3 is 0 Å². The van der Waals surface area contributed by atoms with Crippen LogP contribution in [0.2, 0.25) is 0 Å². The first-order valence-electron chi connectivity index (χ1n) is 7.23. The van der Waals surface area contributed by atoms with Gasteiger partial charge in [0.05, 0.1) is 12.3 Å². The molecule has 1 N–H and O–H groups in total. The van der Waals surface area contributed by atoms with Crippen LogP contribution in [0.4, 0.5) is 0 Å². The van der Waals surface area contributed by atoms with E-state index < -0.39 is 0 Å². The summed E-state index contributed by atoms with van der Waals surface area (Å²) in [6.45, 7) is 9.01. The zero-order valence-corrected chi connectivity index (χ0v) is 12.6. The summed E-state index contributed by atoms with van der Waals surface area (Å²) >= 11 is 0. The van der Waals surface area contributed by atoms with Crippen molar-refractivity contribution in [2.45, 2.75) is 25.9 Å². The predicted octanol–water partition coefficient (Wildman–Crippen LogP) is 1.81. The smallest absolute Gasteiger partial charge is 0.120 e. The molecular weight excluding hydrogens is 238 g/mol. The molecule has 1 saturated heterocycles. The van der Waals surface area contributed by atoms with E-state index in [1.165, 1.54) is 13.1 Å². The van der Waals surface area contributed by atoms with Crippen LogP contribution in [0.5, 0.6) is 0 Å². The van der Waals surface area contributed by atoms with E-state index >= 15 is 0 Å². The van der Waals surface area contributed by atoms with Crippen molar-refractivity contribution >= 4 is 0 Å². The summed E-state index contributed by atoms with van der Waals surface area (Å²) in [4.78, 5) is 4.90. The Labute approximate surface area is 116 Å². The third-order valence-corrected chi connectivity index (χ3v) is 4.16. The number of rotatable bonds is 6. The average molecular weight is 265 g/mol. The molecule has 1 fully saturated rings. The van der Waals surface area contributed by atoms with E-state index in [1.807, 2.05) is 12.1 Å². The Bertz CT molecular complexity index is 363. The Kier molecular flexibility index (Phi) is 5.02. The van der Waals surface area contributed by atoms with Crippen molar-refractivity contribution in [3.8, 4) is 0 Å². The fourth-order valence-corrected chi connectivity index (χ4v) is 2.98. The van der Waals surface area contributed by atoms with Crippen molar-refractivity contribution in [2.24, 2.45) is 5.92 Å². The summed E-state index contributed by atoms with van der Waals surface area (Å²) in [5, 5.41) is 3.52. The van der Waals surface area contributed by atoms with Crippen molar-refractivity contribution in [3.05, 3.63) is 24.2 Å². The minimum absolute atomic E-state index is 0.291. The number of nitrogens with one attached hydrogen (secondary N) is 1. The number of hydrogen-bond donors (Lipinski definition) is 1. The van der Waals surface area contributed by atoms with Crippen LogP contribution in [0.15, 0.2) is 22.8 Å². The van der Waals surface area contributed by atoms with E-state index in [0.29, 0.717) is 12.1 Å². The summed E-state index contributed by atoms with van der Waals surface area (Å²) in [7, 11) is 4.36. The summed E-state index contributed by atoms with van der Waals surface area (Å²) in [5.74, 6) is 1.78. The lowest BCUT2D eigenvalue weighted by Crippen LogP contribution is -2.36. The third-order valence-electron chi connectivity index (χ3n) is 4.16. The maximum atomic E-state index is 5.40. The fraction of sp³-hybridized carbons (Fsp3) is 0.733. The molecular formula is C15H27N3O. The van der Waals surface area contributed by atoms with Crippen molar-refractivity contribution < 1.29 is 4.42 Å². The molecule has 0 amide bonds. The molecule has 1 aromatic heterocycles. The molecule has 1 aliphatic heterocycles. The molecule has 4 nitrogen and oxygen atoms in total. The molecule has 19 heavy (non-hydrogen) atoms. The van der Waals surface area contributed by atoms with Gasteiger partial charge in [0.2, 0.25) is 0 Å². The largest absolute Gasteiger partial charge is 0.468 e. The van der Waals surface area contributed by atoms with Crippen LogP contribution < -0.4 is 5.32 Å². The minimum atomic E-state index is 0.291. The number of nitrogens with zero attached hydrogens (tertiary/aromatic N) is 2. The summed E-state index contributed by atoms with van der Waals surface area (Å²) in [5.41, 5.74) is 0. The fourth-order valence-electron chi connectivity index (χ4n) is 2.98. The number of furan rings is 1. The van der Waals surface area contributed by atoms with Crippen molar-refractivity contribution in [3.63, 3.8) is 0 Å². The highest BCUT2D eigenvalue weighted by Gasteiger charge is 2.30. The van der Waals surface area contributed by atoms with Gasteiger partial charge in [0.25, 0.3) is 0 Å². The molecule has 0 radical (unpaired) electrons. The van der Waals surface area contributed by atoms with E-state index in [0.717, 1.165) is 24.8 Å². The van der Waals surface area contributed by atoms with Gasteiger partial charge in [0, 0.05) is 32.2 Å². The average Bonchev–Trinajstić information content (AvgIpc) is 2.98. The first kappa shape index (κ1) is 14.6. The Hall–Kier alpha value is -0.840. The van der Waals surface area contributed by atoms with E-state index in [1.54, 1.807) is 6.26 Å². The second kappa shape index (κ2) is 6.55. The van der Waals surface area contributed by atoms with Gasteiger partial charge in [-0.15, -0.1) is 0 Å². The van der Waals surface area contributed by atoms with Gasteiger partial charge in [-0.3, -0.25) is 0 Å². The van der Waals surface area contributed by atoms with Crippen LogP contribution in [-0.2, 0) is 0 Å². The van der Waals surface area contributed by atoms with Gasteiger partial charge < -0.3 is 19.5 Å². The van der Waals surface area contributed by atoms with E-state index in [9.17, 15) is 0 Å². The molecule has 0 aliphatic carbocycles. The second-order valence-corrected chi connectivity index (χ2v) is 5.96. The monoisotopic (exact) mass is 265 g/mol. The van der Waals surface area contributed by atoms with Gasteiger partial charge in [0.1, 0.15) is 5.76 Å². The van der Waals surface area contributed by atoms with E-state index in [2.05, 4.69) is 43.1 Å². The van der Waals surface area contributed by atoms with Gasteiger partial charge in [-0.05, 0) is 39.1 Å². The molecule has 0 aromatic carbocycles. The molecule has 0 bridgehead atoms. The minimum Gasteiger partial charge on any atom is -0.468 e. The molecule has 3 unspecified atom stereocenters. The normalized spacial score (nSPS) is 26.2. The highest BCUT2D eigenvalue weighted by Crippen LogP contribution is 2.19. The third kappa shape index (κ3) is 3.81. The molecule has 1 aliphatic rings. The van der Waals surface area contributed by atoms with Gasteiger partial charge in [-0.2, -0.15) is 0 Å². The molecule has 2 heterocycles. The summed E-state index contributed by atoms with van der Waals surface area (Å²) < 4.78 is 5.40. The standard InChI is InChI=1S/C15H27N3O/c1-12-10-18(11-14(12)17(3)4)8-7-16-13(2)15-6-5-9-19-15/h5-6,9,12-14,16H,7-8,10-11H2,1-4H3. The molecule has 108 valence electrons.